The lowest BCUT2D eigenvalue weighted by atomic mass is 9.83. The summed E-state index contributed by atoms with van der Waals surface area (Å²) in [6.45, 7) is 0. The van der Waals surface area contributed by atoms with Gasteiger partial charge in [-0.05, 0) is 113 Å². The van der Waals surface area contributed by atoms with Gasteiger partial charge < -0.3 is 13.6 Å². The Kier molecular flexibility index (Phi) is 5.89. The third-order valence-corrected chi connectivity index (χ3v) is 11.6. The van der Waals surface area contributed by atoms with E-state index >= 15 is 0 Å². The monoisotopic (exact) mass is 676 g/mol. The van der Waals surface area contributed by atoms with Crippen LogP contribution < -0.4 is 0 Å². The van der Waals surface area contributed by atoms with Crippen molar-refractivity contribution in [3.05, 3.63) is 181 Å². The molecular weight excluding hydrogens is 645 g/mol. The number of fused-ring (bicyclic) bond motifs is 13. The Morgan fingerprint density at radius 2 is 1.04 bits per heavy atom. The topological polar surface area (TPSA) is 23.0 Å². The molecule has 0 N–H and O–H groups in total. The van der Waals surface area contributed by atoms with E-state index in [4.69, 9.17) is 4.42 Å². The molecule has 248 valence electrons. The smallest absolute Gasteiger partial charge is 0.136 e. The molecule has 8 aromatic carbocycles. The summed E-state index contributed by atoms with van der Waals surface area (Å²) in [6, 6.07) is 62.1. The number of hydrogen-bond acceptors (Lipinski definition) is 1. The first-order chi connectivity index (χ1) is 26.3. The van der Waals surface area contributed by atoms with Crippen molar-refractivity contribution in [3.63, 3.8) is 0 Å². The van der Waals surface area contributed by atoms with Crippen LogP contribution in [0.25, 0.3) is 99.2 Å². The van der Waals surface area contributed by atoms with Crippen LogP contribution in [0.15, 0.2) is 174 Å². The molecule has 53 heavy (non-hydrogen) atoms. The van der Waals surface area contributed by atoms with Crippen molar-refractivity contribution in [1.82, 2.24) is 9.13 Å². The molecule has 1 aliphatic rings. The van der Waals surface area contributed by atoms with Gasteiger partial charge in [-0.1, -0.05) is 103 Å². The van der Waals surface area contributed by atoms with Crippen molar-refractivity contribution >= 4 is 65.6 Å². The maximum atomic E-state index is 6.39. The van der Waals surface area contributed by atoms with Gasteiger partial charge in [0, 0.05) is 43.7 Å². The Bertz CT molecular complexity index is 3270. The molecule has 3 nitrogen and oxygen atoms in total. The third-order valence-electron chi connectivity index (χ3n) is 11.6. The van der Waals surface area contributed by atoms with E-state index in [9.17, 15) is 0 Å². The molecule has 0 unspecified atom stereocenters. The summed E-state index contributed by atoms with van der Waals surface area (Å²) < 4.78 is 11.2. The van der Waals surface area contributed by atoms with Crippen LogP contribution in [0.1, 0.15) is 11.1 Å². The summed E-state index contributed by atoms with van der Waals surface area (Å²) in [5.74, 6) is 0. The van der Waals surface area contributed by atoms with Crippen LogP contribution in [0.5, 0.6) is 0 Å². The van der Waals surface area contributed by atoms with Crippen LogP contribution in [0.2, 0.25) is 0 Å². The average Bonchev–Trinajstić information content (AvgIpc) is 3.87. The Balaban J connectivity index is 1.03. The third kappa shape index (κ3) is 4.10. The fraction of sp³-hybridized carbons (Fsp3) is 0.0400. The van der Waals surface area contributed by atoms with Crippen LogP contribution >= 0.6 is 0 Å². The normalized spacial score (nSPS) is 12.8. The molecule has 0 saturated carbocycles. The minimum absolute atomic E-state index is 0.913. The van der Waals surface area contributed by atoms with Gasteiger partial charge in [0.25, 0.3) is 0 Å². The van der Waals surface area contributed by atoms with Gasteiger partial charge in [-0.15, -0.1) is 0 Å². The van der Waals surface area contributed by atoms with Crippen molar-refractivity contribution in [3.8, 4) is 33.6 Å². The molecule has 0 amide bonds. The van der Waals surface area contributed by atoms with E-state index in [1.165, 1.54) is 77.0 Å². The van der Waals surface area contributed by atoms with Crippen molar-refractivity contribution < 1.29 is 4.42 Å². The highest BCUT2D eigenvalue weighted by atomic mass is 16.3. The number of nitrogens with zero attached hydrogens (tertiary/aromatic N) is 2. The number of aryl methyl sites for hydroxylation is 2. The van der Waals surface area contributed by atoms with Crippen LogP contribution in [0.4, 0.5) is 0 Å². The molecule has 0 radical (unpaired) electrons. The molecular formula is C50H32N2O. The van der Waals surface area contributed by atoms with Crippen LogP contribution in [0, 0.1) is 0 Å². The number of benzene rings is 8. The summed E-state index contributed by atoms with van der Waals surface area (Å²) in [5.41, 5.74) is 17.0. The summed E-state index contributed by atoms with van der Waals surface area (Å²) in [7, 11) is 0. The van der Waals surface area contributed by atoms with Crippen molar-refractivity contribution in [1.29, 1.82) is 0 Å². The summed E-state index contributed by atoms with van der Waals surface area (Å²) in [6.07, 6.45) is 2.17. The van der Waals surface area contributed by atoms with E-state index in [-0.39, 0.29) is 0 Å². The van der Waals surface area contributed by atoms with Crippen molar-refractivity contribution in [2.45, 2.75) is 12.8 Å². The highest BCUT2D eigenvalue weighted by Crippen LogP contribution is 2.44. The summed E-state index contributed by atoms with van der Waals surface area (Å²) >= 11 is 0. The zero-order valence-corrected chi connectivity index (χ0v) is 28.9. The van der Waals surface area contributed by atoms with Gasteiger partial charge in [0.15, 0.2) is 0 Å². The quantitative estimate of drug-likeness (QED) is 0.183. The zero-order chi connectivity index (χ0) is 34.6. The molecule has 0 atom stereocenters. The summed E-state index contributed by atoms with van der Waals surface area (Å²) in [4.78, 5) is 0. The molecule has 0 fully saturated rings. The summed E-state index contributed by atoms with van der Waals surface area (Å²) in [5, 5.41) is 7.33. The average molecular weight is 677 g/mol. The molecule has 0 saturated heterocycles. The van der Waals surface area contributed by atoms with Gasteiger partial charge in [0.05, 0.1) is 22.1 Å². The Morgan fingerprint density at radius 1 is 0.377 bits per heavy atom. The zero-order valence-electron chi connectivity index (χ0n) is 28.9. The number of para-hydroxylation sites is 3. The highest BCUT2D eigenvalue weighted by molar-refractivity contribution is 6.18. The maximum absolute atomic E-state index is 6.39. The Morgan fingerprint density at radius 3 is 1.94 bits per heavy atom. The van der Waals surface area contributed by atoms with Gasteiger partial charge >= 0.3 is 0 Å². The van der Waals surface area contributed by atoms with Crippen LogP contribution in [-0.4, -0.2) is 9.13 Å². The molecule has 12 rings (SSSR count). The lowest BCUT2D eigenvalue weighted by molar-refractivity contribution is 0.669. The molecule has 3 heterocycles. The predicted octanol–water partition coefficient (Wildman–Crippen LogP) is 13.2. The molecule has 0 bridgehead atoms. The Hall–Kier alpha value is -6.84. The van der Waals surface area contributed by atoms with Gasteiger partial charge in [0.2, 0.25) is 0 Å². The van der Waals surface area contributed by atoms with Gasteiger partial charge in [-0.2, -0.15) is 0 Å². The fourth-order valence-electron chi connectivity index (χ4n) is 9.22. The molecule has 3 heteroatoms. The first-order valence-corrected chi connectivity index (χ1v) is 18.5. The van der Waals surface area contributed by atoms with E-state index in [1.54, 1.807) is 0 Å². The van der Waals surface area contributed by atoms with E-state index in [2.05, 4.69) is 173 Å². The standard InChI is InChI=1S/C50H32N2O/c1-2-11-35(12-3-1)52-44-26-23-34(28-40(44)41-30-48-42(29-46(41)52)38-14-7-9-17-47(38)53-48)31-20-24-36(25-21-31)51-43-16-8-6-15-39(43)50-45(51)27-22-33-19-18-32-10-4-5-13-37(32)49(33)50/h1-17,20-30H,18-19H2. The first-order valence-electron chi connectivity index (χ1n) is 18.5. The SMILES string of the molecule is c1ccc(-n2c3ccc(-c4ccc(-n5c6ccccc6c6c7c(ccc65)CCc5ccccc5-7)cc4)cc3c3cc4oc5ccccc5c4cc32)cc1. The molecule has 0 spiro atoms. The second-order valence-electron chi connectivity index (χ2n) is 14.4. The van der Waals surface area contributed by atoms with E-state index in [0.29, 0.717) is 0 Å². The van der Waals surface area contributed by atoms with Crippen molar-refractivity contribution in [2.75, 3.05) is 0 Å². The number of rotatable bonds is 3. The number of hydrogen-bond donors (Lipinski definition) is 0. The lowest BCUT2D eigenvalue weighted by Crippen LogP contribution is -2.04. The largest absolute Gasteiger partial charge is 0.456 e. The predicted molar refractivity (Wildman–Crippen MR) is 221 cm³/mol. The second kappa shape index (κ2) is 10.8. The van der Waals surface area contributed by atoms with Crippen LogP contribution in [-0.2, 0) is 12.8 Å². The molecule has 11 aromatic rings. The minimum atomic E-state index is 0.913. The molecule has 0 aliphatic heterocycles. The van der Waals surface area contributed by atoms with Crippen molar-refractivity contribution in [2.24, 2.45) is 0 Å². The minimum Gasteiger partial charge on any atom is -0.456 e. The highest BCUT2D eigenvalue weighted by Gasteiger charge is 2.23. The van der Waals surface area contributed by atoms with Gasteiger partial charge in [-0.3, -0.25) is 0 Å². The fourth-order valence-corrected chi connectivity index (χ4v) is 9.22. The van der Waals surface area contributed by atoms with E-state index < -0.39 is 0 Å². The van der Waals surface area contributed by atoms with Gasteiger partial charge in [0.1, 0.15) is 11.2 Å². The van der Waals surface area contributed by atoms with Gasteiger partial charge in [-0.25, -0.2) is 0 Å². The first kappa shape index (κ1) is 28.8. The number of furan rings is 1. The van der Waals surface area contributed by atoms with E-state index in [0.717, 1.165) is 46.2 Å². The molecule has 1 aliphatic carbocycles. The second-order valence-corrected chi connectivity index (χ2v) is 14.4. The number of aromatic nitrogens is 2. The Labute approximate surface area is 305 Å². The van der Waals surface area contributed by atoms with E-state index in [1.807, 2.05) is 6.07 Å². The maximum Gasteiger partial charge on any atom is 0.136 e. The lowest BCUT2D eigenvalue weighted by Gasteiger charge is -2.21. The molecule has 3 aromatic heterocycles. The van der Waals surface area contributed by atoms with Crippen LogP contribution in [0.3, 0.4) is 0 Å².